The first kappa shape index (κ1) is 17.6. The maximum Gasteiger partial charge on any atom is 0.229 e. The lowest BCUT2D eigenvalue weighted by atomic mass is 10.1. The van der Waals surface area contributed by atoms with Gasteiger partial charge in [-0.05, 0) is 24.6 Å². The van der Waals surface area contributed by atoms with E-state index in [1.807, 2.05) is 19.1 Å². The number of aromatic nitrogens is 3. The molecule has 0 bridgehead atoms. The summed E-state index contributed by atoms with van der Waals surface area (Å²) in [5.74, 6) is 0.474. The fraction of sp³-hybridized carbons (Fsp3) is 0.389. The van der Waals surface area contributed by atoms with Crippen LogP contribution in [0.25, 0.3) is 10.2 Å². The van der Waals surface area contributed by atoms with Crippen molar-refractivity contribution in [2.45, 2.75) is 26.7 Å². The molecule has 3 aromatic rings. The standard InChI is InChI=1S/C18H19N5O3S/c1-10-3-4-13-14(7-10)27-18(21-13)23-9-12(8-16(23)24)17(25)19-6-5-15-20-11(2)26-22-15/h3-4,7,12H,5-6,8-9H2,1-2H3,(H,19,25). The van der Waals surface area contributed by atoms with Gasteiger partial charge in [-0.1, -0.05) is 22.6 Å². The topological polar surface area (TPSA) is 101 Å². The van der Waals surface area contributed by atoms with E-state index in [0.717, 1.165) is 15.8 Å². The lowest BCUT2D eigenvalue weighted by molar-refractivity contribution is -0.126. The Bertz CT molecular complexity index is 1010. The molecular formula is C18H19N5O3S. The summed E-state index contributed by atoms with van der Waals surface area (Å²) in [5.41, 5.74) is 2.02. The van der Waals surface area contributed by atoms with Crippen molar-refractivity contribution in [2.75, 3.05) is 18.0 Å². The van der Waals surface area contributed by atoms with E-state index >= 15 is 0 Å². The number of hydrogen-bond acceptors (Lipinski definition) is 7. The Morgan fingerprint density at radius 2 is 2.22 bits per heavy atom. The molecule has 1 unspecified atom stereocenters. The minimum absolute atomic E-state index is 0.0697. The van der Waals surface area contributed by atoms with Gasteiger partial charge in [-0.3, -0.25) is 14.5 Å². The van der Waals surface area contributed by atoms with E-state index in [1.165, 1.54) is 11.3 Å². The van der Waals surface area contributed by atoms with Crippen molar-refractivity contribution in [3.8, 4) is 0 Å². The molecule has 140 valence electrons. The third kappa shape index (κ3) is 3.68. The first-order valence-electron chi connectivity index (χ1n) is 8.74. The molecule has 1 N–H and O–H groups in total. The zero-order valence-electron chi connectivity index (χ0n) is 15.1. The third-order valence-electron chi connectivity index (χ3n) is 4.48. The summed E-state index contributed by atoms with van der Waals surface area (Å²) < 4.78 is 5.94. The van der Waals surface area contributed by atoms with E-state index in [4.69, 9.17) is 4.52 Å². The maximum atomic E-state index is 12.4. The molecule has 3 heterocycles. The van der Waals surface area contributed by atoms with Gasteiger partial charge in [0, 0.05) is 32.9 Å². The molecule has 0 radical (unpaired) electrons. The monoisotopic (exact) mass is 385 g/mol. The van der Waals surface area contributed by atoms with Crippen LogP contribution in [0.2, 0.25) is 0 Å². The van der Waals surface area contributed by atoms with Crippen molar-refractivity contribution in [3.05, 3.63) is 35.5 Å². The number of amides is 2. The number of nitrogens with zero attached hydrogens (tertiary/aromatic N) is 4. The fourth-order valence-electron chi connectivity index (χ4n) is 3.09. The van der Waals surface area contributed by atoms with E-state index in [-0.39, 0.29) is 24.2 Å². The highest BCUT2D eigenvalue weighted by Gasteiger charge is 2.36. The van der Waals surface area contributed by atoms with E-state index in [9.17, 15) is 9.59 Å². The van der Waals surface area contributed by atoms with Gasteiger partial charge in [-0.2, -0.15) is 4.98 Å². The van der Waals surface area contributed by atoms with Crippen molar-refractivity contribution in [3.63, 3.8) is 0 Å². The number of carbonyl (C=O) groups excluding carboxylic acids is 2. The number of rotatable bonds is 5. The number of nitrogens with one attached hydrogen (secondary N) is 1. The van der Waals surface area contributed by atoms with Crippen LogP contribution in [0.1, 0.15) is 23.7 Å². The van der Waals surface area contributed by atoms with Crippen molar-refractivity contribution in [2.24, 2.45) is 5.92 Å². The number of carbonyl (C=O) groups is 2. The molecule has 1 aliphatic rings. The Hall–Kier alpha value is -2.81. The van der Waals surface area contributed by atoms with Gasteiger partial charge in [-0.15, -0.1) is 0 Å². The van der Waals surface area contributed by atoms with E-state index in [0.29, 0.717) is 36.4 Å². The molecule has 0 spiro atoms. The number of anilines is 1. The minimum Gasteiger partial charge on any atom is -0.355 e. The van der Waals surface area contributed by atoms with Gasteiger partial charge in [0.15, 0.2) is 11.0 Å². The van der Waals surface area contributed by atoms with E-state index < -0.39 is 0 Å². The average Bonchev–Trinajstić information content (AvgIpc) is 3.32. The van der Waals surface area contributed by atoms with Crippen molar-refractivity contribution >= 4 is 38.5 Å². The van der Waals surface area contributed by atoms with Crippen LogP contribution in [0.15, 0.2) is 22.7 Å². The summed E-state index contributed by atoms with van der Waals surface area (Å²) >= 11 is 1.48. The molecule has 1 saturated heterocycles. The van der Waals surface area contributed by atoms with Gasteiger partial charge in [0.25, 0.3) is 0 Å². The molecule has 0 saturated carbocycles. The SMILES string of the molecule is Cc1ccc2nc(N3CC(C(=O)NCCc4noc(C)n4)CC3=O)sc2c1. The van der Waals surface area contributed by atoms with E-state index in [2.05, 4.69) is 26.5 Å². The summed E-state index contributed by atoms with van der Waals surface area (Å²) in [5, 5.41) is 7.30. The van der Waals surface area contributed by atoms with Gasteiger partial charge in [0.1, 0.15) is 0 Å². The lowest BCUT2D eigenvalue weighted by Crippen LogP contribution is -2.34. The smallest absolute Gasteiger partial charge is 0.229 e. The number of thiazole rings is 1. The molecule has 1 aromatic carbocycles. The number of aryl methyl sites for hydroxylation is 2. The second kappa shape index (κ2) is 7.07. The summed E-state index contributed by atoms with van der Waals surface area (Å²) in [6, 6.07) is 6.01. The molecule has 9 heteroatoms. The molecule has 1 aliphatic heterocycles. The molecular weight excluding hydrogens is 366 g/mol. The maximum absolute atomic E-state index is 12.4. The van der Waals surface area contributed by atoms with Crippen LogP contribution in [0.5, 0.6) is 0 Å². The van der Waals surface area contributed by atoms with Gasteiger partial charge in [0.05, 0.1) is 16.1 Å². The second-order valence-corrected chi connectivity index (χ2v) is 7.65. The van der Waals surface area contributed by atoms with Crippen molar-refractivity contribution < 1.29 is 14.1 Å². The van der Waals surface area contributed by atoms with Crippen LogP contribution in [0.3, 0.4) is 0 Å². The van der Waals surface area contributed by atoms with Gasteiger partial charge in [0.2, 0.25) is 17.7 Å². The van der Waals surface area contributed by atoms with Crippen LogP contribution in [-0.2, 0) is 16.0 Å². The molecule has 2 aromatic heterocycles. The molecule has 1 atom stereocenters. The van der Waals surface area contributed by atoms with Gasteiger partial charge >= 0.3 is 0 Å². The molecule has 27 heavy (non-hydrogen) atoms. The summed E-state index contributed by atoms with van der Waals surface area (Å²) in [7, 11) is 0. The first-order chi connectivity index (χ1) is 13.0. The Labute approximate surface area is 159 Å². The van der Waals surface area contributed by atoms with Crippen LogP contribution in [0, 0.1) is 19.8 Å². The van der Waals surface area contributed by atoms with Crippen molar-refractivity contribution in [1.29, 1.82) is 0 Å². The predicted molar refractivity (Wildman–Crippen MR) is 101 cm³/mol. The number of fused-ring (bicyclic) bond motifs is 1. The van der Waals surface area contributed by atoms with Crippen LogP contribution >= 0.6 is 11.3 Å². The van der Waals surface area contributed by atoms with Gasteiger partial charge in [-0.25, -0.2) is 4.98 Å². The lowest BCUT2D eigenvalue weighted by Gasteiger charge is -2.12. The summed E-state index contributed by atoms with van der Waals surface area (Å²) in [4.78, 5) is 35.1. The average molecular weight is 385 g/mol. The highest BCUT2D eigenvalue weighted by atomic mass is 32.1. The quantitative estimate of drug-likeness (QED) is 0.721. The van der Waals surface area contributed by atoms with Crippen molar-refractivity contribution in [1.82, 2.24) is 20.4 Å². The number of hydrogen-bond donors (Lipinski definition) is 1. The predicted octanol–water partition coefficient (Wildman–Crippen LogP) is 2.01. The molecule has 4 rings (SSSR count). The van der Waals surface area contributed by atoms with Crippen LogP contribution in [-0.4, -0.2) is 40.0 Å². The summed E-state index contributed by atoms with van der Waals surface area (Å²) in [6.45, 7) is 4.50. The van der Waals surface area contributed by atoms with E-state index in [1.54, 1.807) is 11.8 Å². The summed E-state index contributed by atoms with van der Waals surface area (Å²) in [6.07, 6.45) is 0.687. The van der Waals surface area contributed by atoms with Crippen LogP contribution in [0.4, 0.5) is 5.13 Å². The highest BCUT2D eigenvalue weighted by Crippen LogP contribution is 2.33. The molecule has 2 amide bonds. The minimum atomic E-state index is -0.377. The second-order valence-electron chi connectivity index (χ2n) is 6.64. The Morgan fingerprint density at radius 3 is 3.00 bits per heavy atom. The molecule has 0 aliphatic carbocycles. The Balaban J connectivity index is 1.38. The zero-order valence-corrected chi connectivity index (χ0v) is 15.9. The fourth-order valence-corrected chi connectivity index (χ4v) is 4.18. The molecule has 8 nitrogen and oxygen atoms in total. The highest BCUT2D eigenvalue weighted by molar-refractivity contribution is 7.22. The van der Waals surface area contributed by atoms with Gasteiger partial charge < -0.3 is 9.84 Å². The van der Waals surface area contributed by atoms with Crippen LogP contribution < -0.4 is 10.2 Å². The normalized spacial score (nSPS) is 17.0. The molecule has 1 fully saturated rings. The largest absolute Gasteiger partial charge is 0.355 e. The first-order valence-corrected chi connectivity index (χ1v) is 9.56. The zero-order chi connectivity index (χ0) is 19.0. The third-order valence-corrected chi connectivity index (χ3v) is 5.52. The number of benzene rings is 1. The Morgan fingerprint density at radius 1 is 1.37 bits per heavy atom. The Kier molecular flexibility index (Phi) is 4.61.